The second kappa shape index (κ2) is 6.28. The summed E-state index contributed by atoms with van der Waals surface area (Å²) in [5.74, 6) is 1.03. The molecule has 0 aromatic carbocycles. The van der Waals surface area contributed by atoms with Crippen LogP contribution in [0, 0.1) is 6.92 Å². The molecule has 1 aromatic heterocycles. The van der Waals surface area contributed by atoms with Gasteiger partial charge in [-0.05, 0) is 32.5 Å². The first-order valence-corrected chi connectivity index (χ1v) is 5.69. The number of hydrogen-bond acceptors (Lipinski definition) is 3. The van der Waals surface area contributed by atoms with Crippen LogP contribution >= 0.6 is 0 Å². The molecule has 1 aromatic rings. The molecule has 16 heavy (non-hydrogen) atoms. The van der Waals surface area contributed by atoms with Crippen molar-refractivity contribution in [3.63, 3.8) is 0 Å². The Kier molecular flexibility index (Phi) is 4.99. The fraction of sp³-hybridized carbons (Fsp3) is 0.462. The molecule has 0 aliphatic rings. The summed E-state index contributed by atoms with van der Waals surface area (Å²) in [4.78, 5) is 6.82. The summed E-state index contributed by atoms with van der Waals surface area (Å²) in [7, 11) is 1.95. The molecule has 3 nitrogen and oxygen atoms in total. The Labute approximate surface area is 98.2 Å². The lowest BCUT2D eigenvalue weighted by molar-refractivity contribution is 0.799. The van der Waals surface area contributed by atoms with Gasteiger partial charge in [-0.15, -0.1) is 6.58 Å². The van der Waals surface area contributed by atoms with Crippen LogP contribution in [0.2, 0.25) is 0 Å². The fourth-order valence-electron chi connectivity index (χ4n) is 1.67. The Morgan fingerprint density at radius 2 is 2.25 bits per heavy atom. The van der Waals surface area contributed by atoms with Gasteiger partial charge in [-0.1, -0.05) is 12.1 Å². The molecule has 0 spiro atoms. The van der Waals surface area contributed by atoms with Crippen LogP contribution in [0.3, 0.4) is 0 Å². The Morgan fingerprint density at radius 1 is 1.50 bits per heavy atom. The van der Waals surface area contributed by atoms with E-state index in [0.717, 1.165) is 31.1 Å². The molecular weight excluding hydrogens is 198 g/mol. The maximum atomic E-state index is 4.62. The van der Waals surface area contributed by atoms with Gasteiger partial charge in [-0.3, -0.25) is 0 Å². The number of hydrogen-bond donors (Lipinski definition) is 1. The van der Waals surface area contributed by atoms with Crippen molar-refractivity contribution in [2.24, 2.45) is 0 Å². The van der Waals surface area contributed by atoms with E-state index in [1.807, 2.05) is 13.1 Å². The van der Waals surface area contributed by atoms with Gasteiger partial charge in [-0.2, -0.15) is 0 Å². The van der Waals surface area contributed by atoms with Gasteiger partial charge in [0, 0.05) is 25.3 Å². The first kappa shape index (κ1) is 12.7. The highest BCUT2D eigenvalue weighted by atomic mass is 15.2. The van der Waals surface area contributed by atoms with Crippen LogP contribution in [0.1, 0.15) is 18.2 Å². The fourth-order valence-corrected chi connectivity index (χ4v) is 1.67. The zero-order chi connectivity index (χ0) is 12.0. The topological polar surface area (TPSA) is 28.2 Å². The zero-order valence-corrected chi connectivity index (χ0v) is 10.5. The van der Waals surface area contributed by atoms with Crippen LogP contribution in [-0.4, -0.2) is 25.1 Å². The summed E-state index contributed by atoms with van der Waals surface area (Å²) in [5, 5.41) is 3.14. The molecule has 88 valence electrons. The molecule has 0 bridgehead atoms. The third-order valence-electron chi connectivity index (χ3n) is 2.60. The van der Waals surface area contributed by atoms with Crippen LogP contribution in [0.5, 0.6) is 0 Å². The summed E-state index contributed by atoms with van der Waals surface area (Å²) in [6.45, 7) is 10.6. The molecule has 0 saturated heterocycles. The predicted octanol–water partition coefficient (Wildman–Crippen LogP) is 2.12. The minimum atomic E-state index is 0.842. The molecule has 0 aliphatic heterocycles. The SMILES string of the molecule is C=CCN(CC)c1ccc(CNC)c(C)n1. The number of nitrogens with one attached hydrogen (secondary N) is 1. The van der Waals surface area contributed by atoms with E-state index in [-0.39, 0.29) is 0 Å². The molecule has 3 heteroatoms. The number of rotatable bonds is 6. The normalized spacial score (nSPS) is 10.2. The lowest BCUT2D eigenvalue weighted by Crippen LogP contribution is -2.24. The lowest BCUT2D eigenvalue weighted by atomic mass is 10.2. The van der Waals surface area contributed by atoms with E-state index in [4.69, 9.17) is 0 Å². The minimum absolute atomic E-state index is 0.842. The van der Waals surface area contributed by atoms with Crippen LogP contribution in [0.4, 0.5) is 5.82 Å². The number of anilines is 1. The van der Waals surface area contributed by atoms with Crippen molar-refractivity contribution in [1.29, 1.82) is 0 Å². The van der Waals surface area contributed by atoms with E-state index >= 15 is 0 Å². The van der Waals surface area contributed by atoms with Crippen molar-refractivity contribution in [2.75, 3.05) is 25.0 Å². The number of likely N-dealkylation sites (N-methyl/N-ethyl adjacent to an activating group) is 1. The number of aryl methyl sites for hydroxylation is 1. The lowest BCUT2D eigenvalue weighted by Gasteiger charge is -2.21. The van der Waals surface area contributed by atoms with Crippen molar-refractivity contribution in [1.82, 2.24) is 10.3 Å². The van der Waals surface area contributed by atoms with E-state index in [2.05, 4.69) is 47.8 Å². The van der Waals surface area contributed by atoms with Gasteiger partial charge < -0.3 is 10.2 Å². The third kappa shape index (κ3) is 3.07. The van der Waals surface area contributed by atoms with E-state index in [1.54, 1.807) is 0 Å². The average molecular weight is 219 g/mol. The van der Waals surface area contributed by atoms with Gasteiger partial charge >= 0.3 is 0 Å². The highest BCUT2D eigenvalue weighted by Gasteiger charge is 2.06. The molecule has 1 N–H and O–H groups in total. The molecule has 0 saturated carbocycles. The molecule has 0 radical (unpaired) electrons. The highest BCUT2D eigenvalue weighted by Crippen LogP contribution is 2.14. The molecule has 0 unspecified atom stereocenters. The van der Waals surface area contributed by atoms with Gasteiger partial charge in [0.05, 0.1) is 0 Å². The van der Waals surface area contributed by atoms with Crippen LogP contribution in [-0.2, 0) is 6.54 Å². The largest absolute Gasteiger partial charge is 0.353 e. The molecular formula is C13H21N3. The number of aromatic nitrogens is 1. The molecule has 0 aliphatic carbocycles. The van der Waals surface area contributed by atoms with E-state index in [0.29, 0.717) is 0 Å². The second-order valence-electron chi connectivity index (χ2n) is 3.77. The third-order valence-corrected chi connectivity index (χ3v) is 2.60. The smallest absolute Gasteiger partial charge is 0.129 e. The first-order chi connectivity index (χ1) is 7.72. The van der Waals surface area contributed by atoms with Gasteiger partial charge in [-0.25, -0.2) is 4.98 Å². The number of pyridine rings is 1. The zero-order valence-electron chi connectivity index (χ0n) is 10.5. The van der Waals surface area contributed by atoms with Crippen molar-refractivity contribution >= 4 is 5.82 Å². The molecule has 0 atom stereocenters. The monoisotopic (exact) mass is 219 g/mol. The van der Waals surface area contributed by atoms with Crippen molar-refractivity contribution in [3.05, 3.63) is 36.0 Å². The summed E-state index contributed by atoms with van der Waals surface area (Å²) < 4.78 is 0. The Morgan fingerprint density at radius 3 is 2.75 bits per heavy atom. The molecule has 1 rings (SSSR count). The maximum absolute atomic E-state index is 4.62. The minimum Gasteiger partial charge on any atom is -0.353 e. The van der Waals surface area contributed by atoms with E-state index < -0.39 is 0 Å². The van der Waals surface area contributed by atoms with Gasteiger partial charge in [0.1, 0.15) is 5.82 Å². The van der Waals surface area contributed by atoms with Gasteiger partial charge in [0.25, 0.3) is 0 Å². The van der Waals surface area contributed by atoms with Crippen molar-refractivity contribution < 1.29 is 0 Å². The first-order valence-electron chi connectivity index (χ1n) is 5.69. The van der Waals surface area contributed by atoms with E-state index in [1.165, 1.54) is 5.56 Å². The van der Waals surface area contributed by atoms with Crippen molar-refractivity contribution in [3.8, 4) is 0 Å². The van der Waals surface area contributed by atoms with Crippen molar-refractivity contribution in [2.45, 2.75) is 20.4 Å². The summed E-state index contributed by atoms with van der Waals surface area (Å²) >= 11 is 0. The standard InChI is InChI=1S/C13H21N3/c1-5-9-16(6-2)13-8-7-12(10-14-4)11(3)15-13/h5,7-8,14H,1,6,9-10H2,2-4H3. The molecule has 1 heterocycles. The average Bonchev–Trinajstić information content (AvgIpc) is 2.29. The Bertz CT molecular complexity index is 347. The van der Waals surface area contributed by atoms with Gasteiger partial charge in [0.15, 0.2) is 0 Å². The molecule has 0 fully saturated rings. The van der Waals surface area contributed by atoms with Crippen LogP contribution in [0.25, 0.3) is 0 Å². The van der Waals surface area contributed by atoms with E-state index in [9.17, 15) is 0 Å². The highest BCUT2D eigenvalue weighted by molar-refractivity contribution is 5.42. The number of nitrogens with zero attached hydrogens (tertiary/aromatic N) is 2. The Hall–Kier alpha value is -1.35. The maximum Gasteiger partial charge on any atom is 0.129 e. The summed E-state index contributed by atoms with van der Waals surface area (Å²) in [5.41, 5.74) is 2.34. The Balaban J connectivity index is 2.89. The molecule has 0 amide bonds. The van der Waals surface area contributed by atoms with Crippen LogP contribution in [0.15, 0.2) is 24.8 Å². The van der Waals surface area contributed by atoms with Gasteiger partial charge in [0.2, 0.25) is 0 Å². The quantitative estimate of drug-likeness (QED) is 0.743. The van der Waals surface area contributed by atoms with Crippen LogP contribution < -0.4 is 10.2 Å². The predicted molar refractivity (Wildman–Crippen MR) is 69.8 cm³/mol. The summed E-state index contributed by atoms with van der Waals surface area (Å²) in [6, 6.07) is 4.21. The second-order valence-corrected chi connectivity index (χ2v) is 3.77. The summed E-state index contributed by atoms with van der Waals surface area (Å²) in [6.07, 6.45) is 1.90.